The number of likely N-dealkylation sites (N-methyl/N-ethyl adjacent to an activating group) is 1. The molecule has 0 aliphatic carbocycles. The Balaban J connectivity index is 1.27. The van der Waals surface area contributed by atoms with E-state index in [2.05, 4.69) is 15.2 Å². The van der Waals surface area contributed by atoms with Gasteiger partial charge in [-0.3, -0.25) is 4.79 Å². The van der Waals surface area contributed by atoms with Crippen molar-refractivity contribution in [2.75, 3.05) is 48.3 Å². The van der Waals surface area contributed by atoms with Crippen LogP contribution in [-0.2, 0) is 11.2 Å². The van der Waals surface area contributed by atoms with Crippen molar-refractivity contribution in [3.63, 3.8) is 0 Å². The summed E-state index contributed by atoms with van der Waals surface area (Å²) in [5.74, 6) is 0.0149. The van der Waals surface area contributed by atoms with Crippen molar-refractivity contribution in [1.29, 1.82) is 0 Å². The van der Waals surface area contributed by atoms with Crippen LogP contribution in [0.3, 0.4) is 0 Å². The molecule has 1 N–H and O–H groups in total. The summed E-state index contributed by atoms with van der Waals surface area (Å²) in [6.45, 7) is 2.86. The molecule has 0 bridgehead atoms. The number of urea groups is 1. The maximum absolute atomic E-state index is 12.6. The number of amides is 3. The summed E-state index contributed by atoms with van der Waals surface area (Å²) >= 11 is 1.62. The fraction of sp³-hybridized carbons (Fsp3) is 0.261. The monoisotopic (exact) mass is 435 g/mol. The van der Waals surface area contributed by atoms with Crippen LogP contribution in [0.4, 0.5) is 21.3 Å². The standard InChI is InChI=1S/C23H25N5O2S/c1-26(20-5-3-2-4-6-20)21(29)17-18-7-9-19(10-8-18)25-22(30)27-12-14-28(15-13-27)23-24-11-16-31-23/h2-11,16H,12-15,17H2,1H3,(H,25,30). The van der Waals surface area contributed by atoms with Gasteiger partial charge in [-0.15, -0.1) is 11.3 Å². The van der Waals surface area contributed by atoms with Crippen LogP contribution in [0.2, 0.25) is 0 Å². The van der Waals surface area contributed by atoms with E-state index in [0.29, 0.717) is 19.5 Å². The molecule has 31 heavy (non-hydrogen) atoms. The number of carbonyl (C=O) groups excluding carboxylic acids is 2. The first kappa shape index (κ1) is 20.9. The van der Waals surface area contributed by atoms with E-state index in [-0.39, 0.29) is 11.9 Å². The van der Waals surface area contributed by atoms with Crippen molar-refractivity contribution >= 4 is 39.8 Å². The van der Waals surface area contributed by atoms with Crippen LogP contribution in [-0.4, -0.2) is 55.0 Å². The quantitative estimate of drug-likeness (QED) is 0.664. The molecule has 0 radical (unpaired) electrons. The van der Waals surface area contributed by atoms with E-state index in [9.17, 15) is 9.59 Å². The second-order valence-corrected chi connectivity index (χ2v) is 8.25. The Labute approximate surface area is 185 Å². The Morgan fingerprint density at radius 2 is 1.74 bits per heavy atom. The van der Waals surface area contributed by atoms with Crippen LogP contribution in [0.15, 0.2) is 66.2 Å². The van der Waals surface area contributed by atoms with E-state index >= 15 is 0 Å². The zero-order valence-corrected chi connectivity index (χ0v) is 18.2. The van der Waals surface area contributed by atoms with Gasteiger partial charge in [0.05, 0.1) is 6.42 Å². The van der Waals surface area contributed by atoms with Crippen LogP contribution >= 0.6 is 11.3 Å². The summed E-state index contributed by atoms with van der Waals surface area (Å²) in [6.07, 6.45) is 2.11. The lowest BCUT2D eigenvalue weighted by molar-refractivity contribution is -0.117. The molecule has 1 aliphatic heterocycles. The van der Waals surface area contributed by atoms with Gasteiger partial charge in [0.15, 0.2) is 5.13 Å². The number of piperazine rings is 1. The van der Waals surface area contributed by atoms with Gasteiger partial charge in [-0.25, -0.2) is 9.78 Å². The van der Waals surface area contributed by atoms with Crippen LogP contribution in [0, 0.1) is 0 Å². The fourth-order valence-corrected chi connectivity index (χ4v) is 4.17. The lowest BCUT2D eigenvalue weighted by Gasteiger charge is -2.34. The summed E-state index contributed by atoms with van der Waals surface area (Å²) in [5, 5.41) is 5.92. The average molecular weight is 436 g/mol. The number of nitrogens with one attached hydrogen (secondary N) is 1. The highest BCUT2D eigenvalue weighted by atomic mass is 32.1. The van der Waals surface area contributed by atoms with Crippen LogP contribution < -0.4 is 15.1 Å². The molecule has 1 saturated heterocycles. The molecule has 3 amide bonds. The van der Waals surface area contributed by atoms with Gasteiger partial charge >= 0.3 is 6.03 Å². The number of carbonyl (C=O) groups is 2. The Kier molecular flexibility index (Phi) is 6.47. The molecule has 1 aromatic heterocycles. The van der Waals surface area contributed by atoms with Gasteiger partial charge < -0.3 is 20.0 Å². The summed E-state index contributed by atoms with van der Waals surface area (Å²) in [5.41, 5.74) is 2.49. The molecule has 0 atom stereocenters. The van der Waals surface area contributed by atoms with Crippen molar-refractivity contribution in [2.45, 2.75) is 6.42 Å². The third kappa shape index (κ3) is 5.21. The Bertz CT molecular complexity index is 1000. The molecular formula is C23H25N5O2S. The van der Waals surface area contributed by atoms with Crippen molar-refractivity contribution in [2.24, 2.45) is 0 Å². The minimum Gasteiger partial charge on any atom is -0.345 e. The lowest BCUT2D eigenvalue weighted by Crippen LogP contribution is -2.50. The van der Waals surface area contributed by atoms with Gasteiger partial charge in [0.25, 0.3) is 0 Å². The Morgan fingerprint density at radius 3 is 2.39 bits per heavy atom. The zero-order chi connectivity index (χ0) is 21.6. The number of thiazole rings is 1. The number of anilines is 3. The first-order valence-electron chi connectivity index (χ1n) is 10.2. The molecule has 0 saturated carbocycles. The normalized spacial score (nSPS) is 13.7. The topological polar surface area (TPSA) is 68.8 Å². The molecule has 1 aliphatic rings. The molecule has 7 nitrogen and oxygen atoms in total. The maximum atomic E-state index is 12.6. The smallest absolute Gasteiger partial charge is 0.321 e. The first-order chi connectivity index (χ1) is 15.1. The molecule has 8 heteroatoms. The van der Waals surface area contributed by atoms with Crippen molar-refractivity contribution in [1.82, 2.24) is 9.88 Å². The van der Waals surface area contributed by atoms with Crippen LogP contribution in [0.1, 0.15) is 5.56 Å². The van der Waals surface area contributed by atoms with E-state index in [1.165, 1.54) is 0 Å². The Morgan fingerprint density at radius 1 is 1.03 bits per heavy atom. The summed E-state index contributed by atoms with van der Waals surface area (Å²) in [6, 6.07) is 16.9. The minimum atomic E-state index is -0.105. The highest BCUT2D eigenvalue weighted by molar-refractivity contribution is 7.13. The third-order valence-corrected chi connectivity index (χ3v) is 6.17. The lowest BCUT2D eigenvalue weighted by atomic mass is 10.1. The molecule has 4 rings (SSSR count). The van der Waals surface area contributed by atoms with Gasteiger partial charge in [-0.05, 0) is 29.8 Å². The van der Waals surface area contributed by atoms with Gasteiger partial charge in [0.1, 0.15) is 0 Å². The SMILES string of the molecule is CN(C(=O)Cc1ccc(NC(=O)N2CCN(c3nccs3)CC2)cc1)c1ccccc1. The molecule has 0 unspecified atom stereocenters. The fourth-order valence-electron chi connectivity index (χ4n) is 3.47. The molecule has 160 valence electrons. The summed E-state index contributed by atoms with van der Waals surface area (Å²) in [4.78, 5) is 35.1. The van der Waals surface area contributed by atoms with E-state index in [4.69, 9.17) is 0 Å². The summed E-state index contributed by atoms with van der Waals surface area (Å²) in [7, 11) is 1.78. The van der Waals surface area contributed by atoms with Crippen molar-refractivity contribution in [3.05, 3.63) is 71.7 Å². The molecule has 3 aromatic rings. The molecule has 1 fully saturated rings. The van der Waals surface area contributed by atoms with Gasteiger partial charge in [0, 0.05) is 56.2 Å². The van der Waals surface area contributed by atoms with Crippen LogP contribution in [0.5, 0.6) is 0 Å². The number of para-hydroxylation sites is 1. The minimum absolute atomic E-state index is 0.0149. The second kappa shape index (κ2) is 9.61. The predicted octanol–water partition coefficient (Wildman–Crippen LogP) is 3.70. The van der Waals surface area contributed by atoms with Crippen molar-refractivity contribution in [3.8, 4) is 0 Å². The predicted molar refractivity (Wildman–Crippen MR) is 125 cm³/mol. The zero-order valence-electron chi connectivity index (χ0n) is 17.4. The number of nitrogens with zero attached hydrogens (tertiary/aromatic N) is 4. The number of hydrogen-bond donors (Lipinski definition) is 1. The van der Waals surface area contributed by atoms with E-state index < -0.39 is 0 Å². The molecule has 2 heterocycles. The average Bonchev–Trinajstić information content (AvgIpc) is 3.35. The van der Waals surface area contributed by atoms with E-state index in [1.807, 2.05) is 64.9 Å². The van der Waals surface area contributed by atoms with Gasteiger partial charge in [-0.1, -0.05) is 30.3 Å². The largest absolute Gasteiger partial charge is 0.345 e. The van der Waals surface area contributed by atoms with Gasteiger partial charge in [-0.2, -0.15) is 0 Å². The molecule has 2 aromatic carbocycles. The van der Waals surface area contributed by atoms with E-state index in [1.54, 1.807) is 29.5 Å². The maximum Gasteiger partial charge on any atom is 0.321 e. The highest BCUT2D eigenvalue weighted by Crippen LogP contribution is 2.20. The first-order valence-corrected chi connectivity index (χ1v) is 11.1. The number of rotatable bonds is 5. The van der Waals surface area contributed by atoms with E-state index in [0.717, 1.165) is 35.2 Å². The van der Waals surface area contributed by atoms with Gasteiger partial charge in [0.2, 0.25) is 5.91 Å². The number of aromatic nitrogens is 1. The third-order valence-electron chi connectivity index (χ3n) is 5.33. The van der Waals surface area contributed by atoms with Crippen LogP contribution in [0.25, 0.3) is 0 Å². The molecule has 0 spiro atoms. The summed E-state index contributed by atoms with van der Waals surface area (Å²) < 4.78 is 0. The second-order valence-electron chi connectivity index (χ2n) is 7.38. The molecular weight excluding hydrogens is 410 g/mol. The number of hydrogen-bond acceptors (Lipinski definition) is 5. The highest BCUT2D eigenvalue weighted by Gasteiger charge is 2.22. The Hall–Kier alpha value is -3.39. The number of benzene rings is 2. The van der Waals surface area contributed by atoms with Crippen molar-refractivity contribution < 1.29 is 9.59 Å².